The van der Waals surface area contributed by atoms with E-state index in [0.717, 1.165) is 25.9 Å². The molecule has 2 saturated heterocycles. The van der Waals surface area contributed by atoms with Crippen molar-refractivity contribution in [1.82, 2.24) is 9.80 Å². The van der Waals surface area contributed by atoms with Gasteiger partial charge in [0.15, 0.2) is 17.4 Å². The van der Waals surface area contributed by atoms with Crippen LogP contribution in [0.15, 0.2) is 0 Å². The van der Waals surface area contributed by atoms with Gasteiger partial charge in [0, 0.05) is 19.1 Å². The number of likely N-dealkylation sites (N-methyl/N-ethyl adjacent to an activating group) is 2. The summed E-state index contributed by atoms with van der Waals surface area (Å²) in [5.74, 6) is 0.304. The van der Waals surface area contributed by atoms with Crippen molar-refractivity contribution in [2.45, 2.75) is 67.0 Å². The summed E-state index contributed by atoms with van der Waals surface area (Å²) in [5.41, 5.74) is 0.729. The van der Waals surface area contributed by atoms with E-state index in [-0.39, 0.29) is 51.1 Å². The van der Waals surface area contributed by atoms with Crippen LogP contribution in [-0.4, -0.2) is 83.9 Å². The van der Waals surface area contributed by atoms with Crippen LogP contribution in [0.4, 0.5) is 0 Å². The maximum atomic E-state index is 11.1. The molecular weight excluding hydrogens is 310 g/mol. The Balaban J connectivity index is -0.000000152. The van der Waals surface area contributed by atoms with Gasteiger partial charge in [0.1, 0.15) is 5.78 Å². The molecule has 0 aromatic rings. The molecule has 0 unspecified atom stereocenters. The maximum Gasteiger partial charge on any atom is 1.00 e. The molecule has 6 heteroatoms. The Kier molecular flexibility index (Phi) is 14.0. The van der Waals surface area contributed by atoms with Gasteiger partial charge in [-0.25, -0.2) is 0 Å². The van der Waals surface area contributed by atoms with Gasteiger partial charge < -0.3 is 11.4 Å². The van der Waals surface area contributed by atoms with E-state index in [1.807, 2.05) is 7.05 Å². The van der Waals surface area contributed by atoms with Gasteiger partial charge in [-0.15, -0.1) is 0 Å². The Morgan fingerprint density at radius 3 is 1.67 bits per heavy atom. The SMILES string of the molecule is C.CC(=O)[C@@H]1CC(C)(C)CN1C.CN1CC(C)(C)C[C@H]1CO.[AlH3].[H-].[Li+]. The van der Waals surface area contributed by atoms with Crippen LogP contribution in [-0.2, 0) is 4.79 Å². The second kappa shape index (κ2) is 11.4. The van der Waals surface area contributed by atoms with Crippen LogP contribution in [0.25, 0.3) is 0 Å². The van der Waals surface area contributed by atoms with Crippen molar-refractivity contribution in [2.75, 3.05) is 33.8 Å². The second-order valence-electron chi connectivity index (χ2n) is 8.53. The zero-order valence-corrected chi connectivity index (χ0v) is 15.9. The van der Waals surface area contributed by atoms with Crippen LogP contribution in [0.5, 0.6) is 0 Å². The molecule has 0 bridgehead atoms. The molecule has 4 nitrogen and oxygen atoms in total. The first-order valence-electron chi connectivity index (χ1n) is 7.99. The number of carbonyl (C=O) groups is 1. The third-order valence-electron chi connectivity index (χ3n) is 4.72. The van der Waals surface area contributed by atoms with E-state index in [2.05, 4.69) is 44.5 Å². The van der Waals surface area contributed by atoms with Crippen LogP contribution in [0.2, 0.25) is 0 Å². The normalized spacial score (nSPS) is 27.8. The molecule has 0 aromatic carbocycles. The molecule has 140 valence electrons. The molecule has 2 aliphatic heterocycles. The van der Waals surface area contributed by atoms with Crippen LogP contribution >= 0.6 is 0 Å². The largest absolute Gasteiger partial charge is 1.00 e. The summed E-state index contributed by atoms with van der Waals surface area (Å²) >= 11 is 0. The van der Waals surface area contributed by atoms with Crippen molar-refractivity contribution in [3.8, 4) is 0 Å². The van der Waals surface area contributed by atoms with Crippen molar-refractivity contribution < 1.29 is 30.2 Å². The van der Waals surface area contributed by atoms with Gasteiger partial charge in [-0.2, -0.15) is 0 Å². The van der Waals surface area contributed by atoms with Crippen LogP contribution < -0.4 is 18.9 Å². The van der Waals surface area contributed by atoms with E-state index in [4.69, 9.17) is 5.11 Å². The molecule has 0 radical (unpaired) electrons. The minimum Gasteiger partial charge on any atom is -1.00 e. The Morgan fingerprint density at radius 1 is 1.08 bits per heavy atom. The van der Waals surface area contributed by atoms with Crippen molar-refractivity contribution in [3.05, 3.63) is 0 Å². The Morgan fingerprint density at radius 2 is 1.50 bits per heavy atom. The van der Waals surface area contributed by atoms with Crippen molar-refractivity contribution in [1.29, 1.82) is 0 Å². The summed E-state index contributed by atoms with van der Waals surface area (Å²) < 4.78 is 0. The summed E-state index contributed by atoms with van der Waals surface area (Å²) in [7, 11) is 4.11. The molecule has 0 amide bonds. The first-order chi connectivity index (χ1) is 9.47. The average Bonchev–Trinajstić information content (AvgIpc) is 2.74. The zero-order valence-electron chi connectivity index (χ0n) is 16.9. The monoisotopic (exact) mass is 352 g/mol. The number of aliphatic hydroxyl groups excluding tert-OH is 1. The van der Waals surface area contributed by atoms with E-state index in [9.17, 15) is 4.79 Å². The molecule has 2 atom stereocenters. The van der Waals surface area contributed by atoms with Crippen molar-refractivity contribution >= 4 is 23.1 Å². The number of nitrogens with zero attached hydrogens (tertiary/aromatic N) is 2. The average molecular weight is 352 g/mol. The quantitative estimate of drug-likeness (QED) is 0.620. The Hall–Kier alpha value is 0.680. The second-order valence-corrected chi connectivity index (χ2v) is 8.53. The first kappa shape index (κ1) is 29.4. The summed E-state index contributed by atoms with van der Waals surface area (Å²) in [4.78, 5) is 15.5. The van der Waals surface area contributed by atoms with Gasteiger partial charge >= 0.3 is 18.9 Å². The zero-order chi connectivity index (χ0) is 16.4. The summed E-state index contributed by atoms with van der Waals surface area (Å²) in [6.45, 7) is 13.1. The molecule has 0 aliphatic carbocycles. The number of hydrogen-bond acceptors (Lipinski definition) is 4. The molecule has 2 aliphatic rings. The molecular formula is C18H42AlLiN2O2. The van der Waals surface area contributed by atoms with E-state index < -0.39 is 0 Å². The Labute approximate surface area is 174 Å². The third-order valence-corrected chi connectivity index (χ3v) is 4.72. The fourth-order valence-corrected chi connectivity index (χ4v) is 3.85. The maximum absolute atomic E-state index is 11.1. The molecule has 0 spiro atoms. The van der Waals surface area contributed by atoms with Crippen LogP contribution in [0.1, 0.15) is 56.3 Å². The summed E-state index contributed by atoms with van der Waals surface area (Å²) in [6.07, 6.45) is 2.14. The standard InChI is InChI=1S/C9H17NO.C8H17NO.CH4.Al.Li.4H/c1-7(11)8-5-9(2,3)6-10(8)4;1-8(2)4-7(5-10)9(3)6-8;;;;;;;/h8H,5-6H2,1-4H3;7,10H,4-6H2,1-3H3;1H4;;;;;;/q;;;;+1;;;;-1/t8-;7-;;;;;;;/m00......./s1. The number of hydrogen-bond donors (Lipinski definition) is 1. The molecule has 2 fully saturated rings. The smallest absolute Gasteiger partial charge is 1.00 e. The van der Waals surface area contributed by atoms with E-state index in [0.29, 0.717) is 29.3 Å². The number of rotatable bonds is 2. The van der Waals surface area contributed by atoms with Crippen molar-refractivity contribution in [3.63, 3.8) is 0 Å². The number of ketones is 1. The van der Waals surface area contributed by atoms with Gasteiger partial charge in [-0.05, 0) is 44.7 Å². The van der Waals surface area contributed by atoms with E-state index >= 15 is 0 Å². The van der Waals surface area contributed by atoms with Gasteiger partial charge in [0.25, 0.3) is 0 Å². The Bertz CT molecular complexity index is 384. The number of aliphatic hydroxyl groups is 1. The van der Waals surface area contributed by atoms with E-state index in [1.165, 1.54) is 0 Å². The van der Waals surface area contributed by atoms with Gasteiger partial charge in [0.2, 0.25) is 0 Å². The predicted molar refractivity (Wildman–Crippen MR) is 105 cm³/mol. The third kappa shape index (κ3) is 8.86. The van der Waals surface area contributed by atoms with Gasteiger partial charge in [-0.3, -0.25) is 9.69 Å². The summed E-state index contributed by atoms with van der Waals surface area (Å²) in [6, 6.07) is 0.569. The van der Waals surface area contributed by atoms with Gasteiger partial charge in [-0.1, -0.05) is 35.1 Å². The topological polar surface area (TPSA) is 43.8 Å². The number of carbonyl (C=O) groups excluding carboxylic acids is 1. The number of likely N-dealkylation sites (tertiary alicyclic amines) is 2. The van der Waals surface area contributed by atoms with Crippen LogP contribution in [0.3, 0.4) is 0 Å². The minimum absolute atomic E-state index is 0. The molecule has 0 aromatic heterocycles. The molecule has 1 N–H and O–H groups in total. The minimum atomic E-state index is 0. The molecule has 2 heterocycles. The fraction of sp³-hybridized carbons (Fsp3) is 0.944. The van der Waals surface area contributed by atoms with Gasteiger partial charge in [0.05, 0.1) is 12.6 Å². The first-order valence-corrected chi connectivity index (χ1v) is 7.99. The van der Waals surface area contributed by atoms with E-state index in [1.54, 1.807) is 6.92 Å². The van der Waals surface area contributed by atoms with Crippen molar-refractivity contribution in [2.24, 2.45) is 10.8 Å². The molecule has 2 rings (SSSR count). The number of Topliss-reactive ketones (excluding diaryl/α,β-unsaturated/α-hetero) is 1. The molecule has 0 saturated carbocycles. The van der Waals surface area contributed by atoms with Crippen LogP contribution in [0, 0.1) is 10.8 Å². The molecule has 24 heavy (non-hydrogen) atoms. The fourth-order valence-electron chi connectivity index (χ4n) is 3.85. The summed E-state index contributed by atoms with van der Waals surface area (Å²) in [5, 5.41) is 8.93. The predicted octanol–water partition coefficient (Wildman–Crippen LogP) is -1.42.